The predicted molar refractivity (Wildman–Crippen MR) is 84.7 cm³/mol. The van der Waals surface area contributed by atoms with Crippen LogP contribution in [-0.4, -0.2) is 12.3 Å². The summed E-state index contributed by atoms with van der Waals surface area (Å²) >= 11 is 4.56. The summed E-state index contributed by atoms with van der Waals surface area (Å²) in [5.41, 5.74) is 5.31. The molecule has 2 aromatic rings. The first-order valence-electron chi connectivity index (χ1n) is 6.53. The highest BCUT2D eigenvalue weighted by atomic mass is 32.1. The summed E-state index contributed by atoms with van der Waals surface area (Å²) in [7, 11) is 0. The van der Waals surface area contributed by atoms with Crippen molar-refractivity contribution in [3.05, 3.63) is 47.5 Å². The molecule has 0 atom stereocenters. The van der Waals surface area contributed by atoms with Crippen LogP contribution in [0.15, 0.2) is 46.4 Å². The van der Waals surface area contributed by atoms with Crippen LogP contribution in [0, 0.1) is 0 Å². The minimum absolute atomic E-state index is 0.769. The van der Waals surface area contributed by atoms with Crippen molar-refractivity contribution in [2.75, 3.05) is 6.61 Å². The van der Waals surface area contributed by atoms with Gasteiger partial charge in [-0.15, -0.1) is 12.6 Å². The zero-order valence-electron chi connectivity index (χ0n) is 11.3. The third kappa shape index (κ3) is 2.27. The van der Waals surface area contributed by atoms with E-state index in [0.717, 1.165) is 46.1 Å². The molecule has 0 radical (unpaired) electrons. The van der Waals surface area contributed by atoms with Gasteiger partial charge in [0.15, 0.2) is 0 Å². The van der Waals surface area contributed by atoms with Gasteiger partial charge in [0, 0.05) is 11.3 Å². The summed E-state index contributed by atoms with van der Waals surface area (Å²) < 4.78 is 5.54. The van der Waals surface area contributed by atoms with Gasteiger partial charge in [-0.2, -0.15) is 5.10 Å². The first-order valence-corrected chi connectivity index (χ1v) is 6.98. The van der Waals surface area contributed by atoms with Crippen molar-refractivity contribution in [1.82, 2.24) is 0 Å². The van der Waals surface area contributed by atoms with Crippen molar-refractivity contribution < 1.29 is 4.74 Å². The molecule has 0 saturated carbocycles. The largest absolute Gasteiger partial charge is 0.493 e. The molecule has 3 nitrogen and oxygen atoms in total. The lowest BCUT2D eigenvalue weighted by Crippen LogP contribution is -1.99. The zero-order chi connectivity index (χ0) is 14.1. The second-order valence-corrected chi connectivity index (χ2v) is 5.35. The maximum absolute atomic E-state index is 5.54. The van der Waals surface area contributed by atoms with E-state index < -0.39 is 0 Å². The number of nitrogens with two attached hydrogens (primary N) is 1. The molecule has 1 aliphatic rings. The molecule has 0 spiro atoms. The van der Waals surface area contributed by atoms with Crippen molar-refractivity contribution in [2.24, 2.45) is 10.9 Å². The van der Waals surface area contributed by atoms with Crippen molar-refractivity contribution >= 4 is 18.3 Å². The fraction of sp³-hybridized carbons (Fsp3) is 0.188. The lowest BCUT2D eigenvalue weighted by molar-refractivity contribution is 0.357. The number of benzene rings is 2. The van der Waals surface area contributed by atoms with Crippen molar-refractivity contribution in [2.45, 2.75) is 18.2 Å². The minimum atomic E-state index is 0.769. The Morgan fingerprint density at radius 3 is 2.90 bits per heavy atom. The molecule has 0 fully saturated rings. The van der Waals surface area contributed by atoms with Crippen LogP contribution in [-0.2, 0) is 6.42 Å². The molecule has 0 aliphatic carbocycles. The quantitative estimate of drug-likeness (QED) is 0.385. The average Bonchev–Trinajstić information content (AvgIpc) is 2.94. The van der Waals surface area contributed by atoms with Gasteiger partial charge >= 0.3 is 0 Å². The molecule has 2 N–H and O–H groups in total. The molecule has 4 heteroatoms. The highest BCUT2D eigenvalue weighted by molar-refractivity contribution is 7.80. The number of hydrogen-bond donors (Lipinski definition) is 2. The van der Waals surface area contributed by atoms with Crippen LogP contribution < -0.4 is 10.6 Å². The Morgan fingerprint density at radius 2 is 2.10 bits per heavy atom. The molecule has 1 aliphatic heterocycles. The van der Waals surface area contributed by atoms with Gasteiger partial charge in [-0.25, -0.2) is 0 Å². The van der Waals surface area contributed by atoms with Crippen LogP contribution in [0.3, 0.4) is 0 Å². The van der Waals surface area contributed by atoms with E-state index in [2.05, 4.69) is 35.9 Å². The van der Waals surface area contributed by atoms with E-state index in [0.29, 0.717) is 0 Å². The maximum Gasteiger partial charge on any atom is 0.122 e. The lowest BCUT2D eigenvalue weighted by Gasteiger charge is -2.10. The molecular weight excluding hydrogens is 268 g/mol. The van der Waals surface area contributed by atoms with Gasteiger partial charge in [0.05, 0.1) is 12.3 Å². The van der Waals surface area contributed by atoms with Crippen molar-refractivity contribution in [3.63, 3.8) is 0 Å². The smallest absolute Gasteiger partial charge is 0.122 e. The van der Waals surface area contributed by atoms with E-state index in [1.165, 1.54) is 5.56 Å². The Labute approximate surface area is 123 Å². The van der Waals surface area contributed by atoms with E-state index in [4.69, 9.17) is 10.6 Å². The number of hydrogen-bond acceptors (Lipinski definition) is 4. The van der Waals surface area contributed by atoms with E-state index in [1.54, 1.807) is 0 Å². The summed E-state index contributed by atoms with van der Waals surface area (Å²) in [4.78, 5) is 0.942. The standard InChI is InChI=1S/C16H16N2OS/c1-10(18-17)11-3-5-16(20)14(9-11)12-2-4-15-13(8-12)6-7-19-15/h2-5,8-9,20H,6-7,17H2,1H3. The van der Waals surface area contributed by atoms with Gasteiger partial charge in [-0.1, -0.05) is 12.1 Å². The molecule has 102 valence electrons. The van der Waals surface area contributed by atoms with Crippen LogP contribution >= 0.6 is 12.6 Å². The Hall–Kier alpha value is -1.94. The number of fused-ring (bicyclic) bond motifs is 1. The van der Waals surface area contributed by atoms with Gasteiger partial charge in [-0.05, 0) is 53.4 Å². The highest BCUT2D eigenvalue weighted by Crippen LogP contribution is 2.33. The van der Waals surface area contributed by atoms with Crippen LogP contribution in [0.5, 0.6) is 5.75 Å². The first-order chi connectivity index (χ1) is 9.69. The van der Waals surface area contributed by atoms with E-state index in [9.17, 15) is 0 Å². The van der Waals surface area contributed by atoms with Crippen LogP contribution in [0.25, 0.3) is 11.1 Å². The highest BCUT2D eigenvalue weighted by Gasteiger charge is 2.14. The van der Waals surface area contributed by atoms with Gasteiger partial charge in [-0.3, -0.25) is 0 Å². The molecule has 0 unspecified atom stereocenters. The topological polar surface area (TPSA) is 47.6 Å². The summed E-state index contributed by atoms with van der Waals surface area (Å²) in [5.74, 6) is 6.35. The summed E-state index contributed by atoms with van der Waals surface area (Å²) in [6.45, 7) is 2.67. The molecular formula is C16H16N2OS. The van der Waals surface area contributed by atoms with Gasteiger partial charge < -0.3 is 10.6 Å². The molecule has 0 saturated heterocycles. The summed E-state index contributed by atoms with van der Waals surface area (Å²) in [5, 5.41) is 3.75. The minimum Gasteiger partial charge on any atom is -0.493 e. The third-order valence-electron chi connectivity index (χ3n) is 3.61. The fourth-order valence-electron chi connectivity index (χ4n) is 2.42. The Kier molecular flexibility index (Phi) is 3.40. The Balaban J connectivity index is 2.09. The predicted octanol–water partition coefficient (Wildman–Crippen LogP) is 3.26. The number of nitrogens with zero attached hydrogens (tertiary/aromatic N) is 1. The molecule has 0 amide bonds. The summed E-state index contributed by atoms with van der Waals surface area (Å²) in [6, 6.07) is 12.3. The monoisotopic (exact) mass is 284 g/mol. The third-order valence-corrected chi connectivity index (χ3v) is 4.00. The molecule has 3 rings (SSSR count). The molecule has 0 bridgehead atoms. The second-order valence-electron chi connectivity index (χ2n) is 4.87. The van der Waals surface area contributed by atoms with E-state index >= 15 is 0 Å². The molecule has 1 heterocycles. The van der Waals surface area contributed by atoms with Crippen LogP contribution in [0.4, 0.5) is 0 Å². The number of rotatable bonds is 2. The molecule has 0 aromatic heterocycles. The average molecular weight is 284 g/mol. The number of ether oxygens (including phenoxy) is 1. The SMILES string of the molecule is CC(=NN)c1ccc(S)c(-c2ccc3c(c2)CCO3)c1. The van der Waals surface area contributed by atoms with Gasteiger partial charge in [0.1, 0.15) is 5.75 Å². The fourth-order valence-corrected chi connectivity index (χ4v) is 2.69. The van der Waals surface area contributed by atoms with E-state index in [-0.39, 0.29) is 0 Å². The Bertz CT molecular complexity index is 695. The van der Waals surface area contributed by atoms with Crippen LogP contribution in [0.1, 0.15) is 18.1 Å². The van der Waals surface area contributed by atoms with Gasteiger partial charge in [0.25, 0.3) is 0 Å². The first kappa shape index (κ1) is 13.1. The van der Waals surface area contributed by atoms with Crippen LogP contribution in [0.2, 0.25) is 0 Å². The van der Waals surface area contributed by atoms with Crippen molar-refractivity contribution in [1.29, 1.82) is 0 Å². The van der Waals surface area contributed by atoms with E-state index in [1.807, 2.05) is 25.1 Å². The second kappa shape index (κ2) is 5.21. The molecule has 2 aromatic carbocycles. The number of thiol groups is 1. The van der Waals surface area contributed by atoms with Gasteiger partial charge in [0.2, 0.25) is 0 Å². The number of hydrazone groups is 1. The molecule has 20 heavy (non-hydrogen) atoms. The Morgan fingerprint density at radius 1 is 1.25 bits per heavy atom. The van der Waals surface area contributed by atoms with Crippen molar-refractivity contribution in [3.8, 4) is 16.9 Å². The zero-order valence-corrected chi connectivity index (χ0v) is 12.2. The lowest BCUT2D eigenvalue weighted by atomic mass is 9.99. The summed E-state index contributed by atoms with van der Waals surface area (Å²) in [6.07, 6.45) is 0.966. The normalized spacial score (nSPS) is 14.0. The maximum atomic E-state index is 5.54.